The first-order valence-electron chi connectivity index (χ1n) is 8.45. The second-order valence-corrected chi connectivity index (χ2v) is 7.13. The average Bonchev–Trinajstić information content (AvgIpc) is 2.99. The van der Waals surface area contributed by atoms with Gasteiger partial charge in [-0.3, -0.25) is 0 Å². The third-order valence-corrected chi connectivity index (χ3v) is 4.71. The second-order valence-electron chi connectivity index (χ2n) is 6.22. The van der Waals surface area contributed by atoms with Crippen LogP contribution in [-0.2, 0) is 6.54 Å². The lowest BCUT2D eigenvalue weighted by Crippen LogP contribution is -2.17. The van der Waals surface area contributed by atoms with Gasteiger partial charge in [0.05, 0.1) is 11.0 Å². The van der Waals surface area contributed by atoms with Crippen LogP contribution in [0.3, 0.4) is 0 Å². The quantitative estimate of drug-likeness (QED) is 0.362. The standard InChI is InChI=1S/C21H14BrF3N2O/c22-16-9-10-18-19(12-16)27(20(26-18)15-6-2-1-3-7-15)13-14-5-4-8-17(11-14)28-21(23,24)25/h1-12H,13H2. The van der Waals surface area contributed by atoms with E-state index in [0.29, 0.717) is 12.1 Å². The van der Waals surface area contributed by atoms with Gasteiger partial charge < -0.3 is 9.30 Å². The fraction of sp³-hybridized carbons (Fsp3) is 0.0952. The minimum absolute atomic E-state index is 0.239. The molecular formula is C21H14BrF3N2O. The molecule has 0 radical (unpaired) electrons. The van der Waals surface area contributed by atoms with E-state index in [1.165, 1.54) is 12.1 Å². The number of rotatable bonds is 4. The molecule has 0 aliphatic heterocycles. The van der Waals surface area contributed by atoms with Gasteiger partial charge in [-0.15, -0.1) is 13.2 Å². The van der Waals surface area contributed by atoms with E-state index < -0.39 is 6.36 Å². The van der Waals surface area contributed by atoms with Crippen LogP contribution in [0.15, 0.2) is 77.3 Å². The molecule has 0 saturated carbocycles. The minimum atomic E-state index is -4.72. The summed E-state index contributed by atoms with van der Waals surface area (Å²) in [4.78, 5) is 4.73. The monoisotopic (exact) mass is 446 g/mol. The molecule has 0 saturated heterocycles. The molecule has 4 aromatic rings. The van der Waals surface area contributed by atoms with E-state index in [0.717, 1.165) is 26.9 Å². The second kappa shape index (κ2) is 7.31. The molecule has 28 heavy (non-hydrogen) atoms. The van der Waals surface area contributed by atoms with E-state index in [2.05, 4.69) is 20.7 Å². The van der Waals surface area contributed by atoms with Crippen LogP contribution in [0.5, 0.6) is 5.75 Å². The predicted octanol–water partition coefficient (Wildman–Crippen LogP) is 6.41. The third-order valence-electron chi connectivity index (χ3n) is 4.21. The Kier molecular flexibility index (Phi) is 4.85. The van der Waals surface area contributed by atoms with Gasteiger partial charge in [0.25, 0.3) is 0 Å². The maximum atomic E-state index is 12.5. The van der Waals surface area contributed by atoms with E-state index in [1.54, 1.807) is 12.1 Å². The van der Waals surface area contributed by atoms with Crippen molar-refractivity contribution in [2.45, 2.75) is 12.9 Å². The predicted molar refractivity (Wildman–Crippen MR) is 105 cm³/mol. The van der Waals surface area contributed by atoms with Crippen LogP contribution in [0, 0.1) is 0 Å². The average molecular weight is 447 g/mol. The number of aromatic nitrogens is 2. The molecule has 0 unspecified atom stereocenters. The summed E-state index contributed by atoms with van der Waals surface area (Å²) >= 11 is 3.48. The maximum Gasteiger partial charge on any atom is 0.573 e. The normalized spacial score (nSPS) is 11.7. The van der Waals surface area contributed by atoms with Crippen LogP contribution in [0.2, 0.25) is 0 Å². The number of halogens is 4. The lowest BCUT2D eigenvalue weighted by molar-refractivity contribution is -0.274. The van der Waals surface area contributed by atoms with E-state index in [4.69, 9.17) is 4.98 Å². The van der Waals surface area contributed by atoms with Crippen LogP contribution >= 0.6 is 15.9 Å². The Morgan fingerprint density at radius 1 is 0.929 bits per heavy atom. The molecule has 0 bridgehead atoms. The van der Waals surface area contributed by atoms with Crippen molar-refractivity contribution in [3.05, 3.63) is 82.8 Å². The highest BCUT2D eigenvalue weighted by molar-refractivity contribution is 9.10. The van der Waals surface area contributed by atoms with E-state index >= 15 is 0 Å². The highest BCUT2D eigenvalue weighted by Gasteiger charge is 2.31. The van der Waals surface area contributed by atoms with Crippen LogP contribution < -0.4 is 4.74 Å². The SMILES string of the molecule is FC(F)(F)Oc1cccc(Cn2c(-c3ccccc3)nc3ccc(Br)cc32)c1. The van der Waals surface area contributed by atoms with Crippen molar-refractivity contribution in [1.29, 1.82) is 0 Å². The lowest BCUT2D eigenvalue weighted by Gasteiger charge is -2.12. The van der Waals surface area contributed by atoms with Crippen molar-refractivity contribution in [2.75, 3.05) is 0 Å². The molecule has 0 atom stereocenters. The molecule has 3 nitrogen and oxygen atoms in total. The van der Waals surface area contributed by atoms with Gasteiger partial charge in [-0.25, -0.2) is 4.98 Å². The summed E-state index contributed by atoms with van der Waals surface area (Å²) in [6.45, 7) is 0.353. The Hall–Kier alpha value is -2.80. The first-order valence-corrected chi connectivity index (χ1v) is 9.24. The number of hydrogen-bond donors (Lipinski definition) is 0. The van der Waals surface area contributed by atoms with Gasteiger partial charge in [-0.2, -0.15) is 0 Å². The van der Waals surface area contributed by atoms with Crippen molar-refractivity contribution in [3.63, 3.8) is 0 Å². The number of imidazole rings is 1. The highest BCUT2D eigenvalue weighted by atomic mass is 79.9. The summed E-state index contributed by atoms with van der Waals surface area (Å²) in [5, 5.41) is 0. The summed E-state index contributed by atoms with van der Waals surface area (Å²) in [7, 11) is 0. The van der Waals surface area contributed by atoms with Gasteiger partial charge in [0, 0.05) is 16.6 Å². The first kappa shape index (κ1) is 18.6. The van der Waals surface area contributed by atoms with Gasteiger partial charge in [0.15, 0.2) is 0 Å². The maximum absolute atomic E-state index is 12.5. The summed E-state index contributed by atoms with van der Waals surface area (Å²) in [5.74, 6) is 0.507. The molecule has 1 heterocycles. The fourth-order valence-electron chi connectivity index (χ4n) is 3.09. The third kappa shape index (κ3) is 4.04. The zero-order valence-corrected chi connectivity index (χ0v) is 16.0. The lowest BCUT2D eigenvalue weighted by atomic mass is 10.2. The summed E-state index contributed by atoms with van der Waals surface area (Å²) in [5.41, 5.74) is 3.30. The summed E-state index contributed by atoms with van der Waals surface area (Å²) in [6, 6.07) is 21.4. The molecule has 0 amide bonds. The number of fused-ring (bicyclic) bond motifs is 1. The van der Waals surface area contributed by atoms with Gasteiger partial charge in [0.2, 0.25) is 0 Å². The molecular weight excluding hydrogens is 433 g/mol. The van der Waals surface area contributed by atoms with Crippen LogP contribution in [0.25, 0.3) is 22.4 Å². The molecule has 0 fully saturated rings. The zero-order chi connectivity index (χ0) is 19.7. The van der Waals surface area contributed by atoms with Crippen molar-refractivity contribution in [1.82, 2.24) is 9.55 Å². The van der Waals surface area contributed by atoms with Gasteiger partial charge in [-0.05, 0) is 35.9 Å². The Balaban J connectivity index is 1.80. The van der Waals surface area contributed by atoms with E-state index in [-0.39, 0.29) is 5.75 Å². The zero-order valence-electron chi connectivity index (χ0n) is 14.4. The molecule has 7 heteroatoms. The molecule has 1 aromatic heterocycles. The van der Waals surface area contributed by atoms with E-state index in [1.807, 2.05) is 53.1 Å². The topological polar surface area (TPSA) is 27.1 Å². The summed E-state index contributed by atoms with van der Waals surface area (Å²) in [6.07, 6.45) is -4.72. The van der Waals surface area contributed by atoms with Crippen LogP contribution in [0.1, 0.15) is 5.56 Å². The number of hydrogen-bond acceptors (Lipinski definition) is 2. The largest absolute Gasteiger partial charge is 0.573 e. The van der Waals surface area contributed by atoms with Gasteiger partial charge >= 0.3 is 6.36 Å². The minimum Gasteiger partial charge on any atom is -0.406 e. The fourth-order valence-corrected chi connectivity index (χ4v) is 3.44. The van der Waals surface area contributed by atoms with Crippen LogP contribution in [-0.4, -0.2) is 15.9 Å². The van der Waals surface area contributed by atoms with Crippen molar-refractivity contribution < 1.29 is 17.9 Å². The first-order chi connectivity index (χ1) is 13.4. The Morgan fingerprint density at radius 2 is 1.71 bits per heavy atom. The molecule has 3 aromatic carbocycles. The Labute approximate surface area is 167 Å². The number of benzene rings is 3. The number of nitrogens with zero attached hydrogens (tertiary/aromatic N) is 2. The van der Waals surface area contributed by atoms with Crippen molar-refractivity contribution in [2.24, 2.45) is 0 Å². The molecule has 0 aliphatic rings. The number of alkyl halides is 3. The Morgan fingerprint density at radius 3 is 2.46 bits per heavy atom. The Bertz CT molecular complexity index is 1120. The smallest absolute Gasteiger partial charge is 0.406 e. The molecule has 0 spiro atoms. The van der Waals surface area contributed by atoms with Gasteiger partial charge in [-0.1, -0.05) is 58.4 Å². The number of ether oxygens (including phenoxy) is 1. The molecule has 0 aliphatic carbocycles. The van der Waals surface area contributed by atoms with E-state index in [9.17, 15) is 13.2 Å². The molecule has 142 valence electrons. The highest BCUT2D eigenvalue weighted by Crippen LogP contribution is 2.29. The molecule has 4 rings (SSSR count). The van der Waals surface area contributed by atoms with Crippen molar-refractivity contribution >= 4 is 27.0 Å². The van der Waals surface area contributed by atoms with Crippen molar-refractivity contribution in [3.8, 4) is 17.1 Å². The van der Waals surface area contributed by atoms with Gasteiger partial charge in [0.1, 0.15) is 11.6 Å². The van der Waals surface area contributed by atoms with Crippen LogP contribution in [0.4, 0.5) is 13.2 Å². The molecule has 0 N–H and O–H groups in total. The summed E-state index contributed by atoms with van der Waals surface area (Å²) < 4.78 is 44.6.